The number of hydrogen-bond donors (Lipinski definition) is 0. The van der Waals surface area contributed by atoms with E-state index >= 15 is 0 Å². The van der Waals surface area contributed by atoms with Gasteiger partial charge in [0.15, 0.2) is 0 Å². The van der Waals surface area contributed by atoms with Crippen LogP contribution in [-0.2, 0) is 0 Å². The van der Waals surface area contributed by atoms with E-state index in [-0.39, 0.29) is 0 Å². The summed E-state index contributed by atoms with van der Waals surface area (Å²) in [5.41, 5.74) is 3.60. The first-order chi connectivity index (χ1) is 26.6. The van der Waals surface area contributed by atoms with Gasteiger partial charge < -0.3 is 18.9 Å². The molecule has 0 aromatic heterocycles. The molecule has 0 aliphatic heterocycles. The van der Waals surface area contributed by atoms with E-state index in [9.17, 15) is 0 Å². The van der Waals surface area contributed by atoms with Crippen LogP contribution in [0, 0.1) is 30.6 Å². The van der Waals surface area contributed by atoms with Crippen molar-refractivity contribution in [3.63, 3.8) is 0 Å². The van der Waals surface area contributed by atoms with Crippen molar-refractivity contribution in [2.75, 3.05) is 26.4 Å². The molecule has 0 saturated carbocycles. The fraction of sp³-hybridized carbons (Fsp3) is 0.680. The standard InChI is InChI=1S/C50H78O4/c1-7-12-16-20-24-28-35-51-47-40-45(48(39-43(47)6)52-36-29-25-21-17-13-8-2)33-34-46-42-49(53-37-30-26-22-18-14-9-3)44(32-11-5)41-50(46)54-38-31-27-23-19-15-10-4/h39-42H,7-10,12-31,35-38H2,1-6H3. The van der Waals surface area contributed by atoms with Crippen LogP contribution in [0.4, 0.5) is 0 Å². The van der Waals surface area contributed by atoms with Crippen molar-refractivity contribution in [1.82, 2.24) is 0 Å². The molecule has 0 radical (unpaired) electrons. The summed E-state index contributed by atoms with van der Waals surface area (Å²) in [4.78, 5) is 0. The Labute approximate surface area is 333 Å². The molecule has 0 atom stereocenters. The maximum absolute atomic E-state index is 6.47. The Morgan fingerprint density at radius 1 is 0.352 bits per heavy atom. The van der Waals surface area contributed by atoms with Gasteiger partial charge in [0.25, 0.3) is 0 Å². The van der Waals surface area contributed by atoms with Crippen molar-refractivity contribution in [2.24, 2.45) is 0 Å². The van der Waals surface area contributed by atoms with Gasteiger partial charge in [-0.1, -0.05) is 174 Å². The molecule has 0 aliphatic rings. The number of hydrogen-bond acceptors (Lipinski definition) is 4. The minimum atomic E-state index is 0.658. The zero-order valence-corrected chi connectivity index (χ0v) is 35.7. The van der Waals surface area contributed by atoms with Crippen molar-refractivity contribution < 1.29 is 18.9 Å². The van der Waals surface area contributed by atoms with Crippen LogP contribution < -0.4 is 18.9 Å². The highest BCUT2D eigenvalue weighted by molar-refractivity contribution is 5.61. The Morgan fingerprint density at radius 2 is 0.630 bits per heavy atom. The van der Waals surface area contributed by atoms with Crippen LogP contribution in [0.5, 0.6) is 23.0 Å². The highest BCUT2D eigenvalue weighted by Gasteiger charge is 2.13. The average molecular weight is 743 g/mol. The van der Waals surface area contributed by atoms with E-state index in [1.54, 1.807) is 0 Å². The van der Waals surface area contributed by atoms with E-state index < -0.39 is 0 Å². The average Bonchev–Trinajstić information content (AvgIpc) is 3.17. The van der Waals surface area contributed by atoms with Gasteiger partial charge in [0.05, 0.1) is 43.1 Å². The zero-order valence-electron chi connectivity index (χ0n) is 35.7. The lowest BCUT2D eigenvalue weighted by molar-refractivity contribution is 0.294. The highest BCUT2D eigenvalue weighted by Crippen LogP contribution is 2.32. The molecule has 0 bridgehead atoms. The van der Waals surface area contributed by atoms with E-state index in [1.165, 1.54) is 128 Å². The molecule has 0 saturated heterocycles. The number of ether oxygens (including phenoxy) is 4. The molecule has 2 aromatic rings. The van der Waals surface area contributed by atoms with Gasteiger partial charge in [-0.15, -0.1) is 5.92 Å². The van der Waals surface area contributed by atoms with Crippen molar-refractivity contribution in [3.8, 4) is 46.7 Å². The lowest BCUT2D eigenvalue weighted by Gasteiger charge is -2.15. The second kappa shape index (κ2) is 32.0. The molecule has 0 fully saturated rings. The van der Waals surface area contributed by atoms with Gasteiger partial charge in [0.1, 0.15) is 23.0 Å². The van der Waals surface area contributed by atoms with Crippen LogP contribution in [0.25, 0.3) is 0 Å². The number of unbranched alkanes of at least 4 members (excludes halogenated alkanes) is 20. The summed E-state index contributed by atoms with van der Waals surface area (Å²) in [6.45, 7) is 15.8. The number of aryl methyl sites for hydroxylation is 1. The Bertz CT molecular complexity index is 1370. The fourth-order valence-corrected chi connectivity index (χ4v) is 6.56. The summed E-state index contributed by atoms with van der Waals surface area (Å²) in [6.07, 6.45) is 29.4. The van der Waals surface area contributed by atoms with E-state index in [1.807, 2.05) is 19.1 Å². The molecule has 0 heterocycles. The Kier molecular flexibility index (Phi) is 27.8. The van der Waals surface area contributed by atoms with E-state index in [2.05, 4.69) is 70.4 Å². The maximum Gasteiger partial charge on any atom is 0.136 e. The van der Waals surface area contributed by atoms with Crippen molar-refractivity contribution in [2.45, 2.75) is 196 Å². The molecule has 54 heavy (non-hydrogen) atoms. The van der Waals surface area contributed by atoms with Crippen molar-refractivity contribution in [3.05, 3.63) is 46.5 Å². The van der Waals surface area contributed by atoms with E-state index in [4.69, 9.17) is 18.9 Å². The Hall–Kier alpha value is -3.24. The molecule has 0 aliphatic carbocycles. The fourth-order valence-electron chi connectivity index (χ4n) is 6.56. The molecule has 0 N–H and O–H groups in total. The van der Waals surface area contributed by atoms with Crippen LogP contribution >= 0.6 is 0 Å². The topological polar surface area (TPSA) is 36.9 Å². The van der Waals surface area contributed by atoms with Gasteiger partial charge in [-0.3, -0.25) is 0 Å². The third-order valence-electron chi connectivity index (χ3n) is 9.97. The Balaban J connectivity index is 2.38. The van der Waals surface area contributed by atoms with Gasteiger partial charge in [-0.25, -0.2) is 0 Å². The maximum atomic E-state index is 6.47. The third kappa shape index (κ3) is 21.0. The molecule has 302 valence electrons. The minimum Gasteiger partial charge on any atom is -0.493 e. The Morgan fingerprint density at radius 3 is 0.981 bits per heavy atom. The summed E-state index contributed by atoms with van der Waals surface area (Å²) in [6, 6.07) is 8.28. The molecule has 2 aromatic carbocycles. The first-order valence-corrected chi connectivity index (χ1v) is 22.4. The van der Waals surface area contributed by atoms with Crippen molar-refractivity contribution >= 4 is 0 Å². The highest BCUT2D eigenvalue weighted by atomic mass is 16.5. The second-order valence-electron chi connectivity index (χ2n) is 15.0. The molecule has 4 nitrogen and oxygen atoms in total. The summed E-state index contributed by atoms with van der Waals surface area (Å²) in [7, 11) is 0. The quantitative estimate of drug-likeness (QED) is 0.0552. The first-order valence-electron chi connectivity index (χ1n) is 22.4. The molecular weight excluding hydrogens is 665 g/mol. The van der Waals surface area contributed by atoms with Gasteiger partial charge >= 0.3 is 0 Å². The lowest BCUT2D eigenvalue weighted by atomic mass is 10.1. The monoisotopic (exact) mass is 743 g/mol. The van der Waals surface area contributed by atoms with Crippen LogP contribution in [-0.4, -0.2) is 26.4 Å². The van der Waals surface area contributed by atoms with Crippen LogP contribution in [0.1, 0.15) is 211 Å². The van der Waals surface area contributed by atoms with Crippen molar-refractivity contribution in [1.29, 1.82) is 0 Å². The van der Waals surface area contributed by atoms with Gasteiger partial charge in [-0.2, -0.15) is 0 Å². The smallest absolute Gasteiger partial charge is 0.136 e. The van der Waals surface area contributed by atoms with Crippen LogP contribution in [0.3, 0.4) is 0 Å². The summed E-state index contributed by atoms with van der Waals surface area (Å²) in [5, 5.41) is 0. The van der Waals surface area contributed by atoms with Crippen LogP contribution in [0.15, 0.2) is 24.3 Å². The molecule has 0 amide bonds. The normalized spacial score (nSPS) is 10.7. The van der Waals surface area contributed by atoms with E-state index in [0.29, 0.717) is 26.4 Å². The third-order valence-corrected chi connectivity index (χ3v) is 9.97. The molecule has 0 unspecified atom stereocenters. The molecule has 0 spiro atoms. The second-order valence-corrected chi connectivity index (χ2v) is 15.0. The van der Waals surface area contributed by atoms with Gasteiger partial charge in [0, 0.05) is 12.1 Å². The summed E-state index contributed by atoms with van der Waals surface area (Å²) >= 11 is 0. The van der Waals surface area contributed by atoms with Gasteiger partial charge in [0.2, 0.25) is 0 Å². The van der Waals surface area contributed by atoms with Gasteiger partial charge in [-0.05, 0) is 57.2 Å². The van der Waals surface area contributed by atoms with Crippen LogP contribution in [0.2, 0.25) is 0 Å². The summed E-state index contributed by atoms with van der Waals surface area (Å²) in [5.74, 6) is 16.6. The zero-order chi connectivity index (χ0) is 38.9. The predicted molar refractivity (Wildman–Crippen MR) is 232 cm³/mol. The molecule has 4 heteroatoms. The van der Waals surface area contributed by atoms with E-state index in [0.717, 1.165) is 70.9 Å². The summed E-state index contributed by atoms with van der Waals surface area (Å²) < 4.78 is 25.7. The number of benzene rings is 2. The largest absolute Gasteiger partial charge is 0.493 e. The first kappa shape index (κ1) is 46.9. The SMILES string of the molecule is CC#Cc1cc(OCCCCCCCC)c(C#Cc2cc(OCCCCCCCC)c(C)cc2OCCCCCCCC)cc1OCCCCCCCC. The predicted octanol–water partition coefficient (Wildman–Crippen LogP) is 14.7. The molecular formula is C50H78O4. The molecule has 2 rings (SSSR count). The number of rotatable bonds is 32. The minimum absolute atomic E-state index is 0.658. The lowest BCUT2D eigenvalue weighted by Crippen LogP contribution is -2.04.